The monoisotopic (exact) mass is 409 g/mol. The molecule has 9 heteroatoms. The summed E-state index contributed by atoms with van der Waals surface area (Å²) in [7, 11) is -1.61. The summed E-state index contributed by atoms with van der Waals surface area (Å²) in [6, 6.07) is 7.71. The summed E-state index contributed by atoms with van der Waals surface area (Å²) >= 11 is 0. The van der Waals surface area contributed by atoms with Gasteiger partial charge in [-0.3, -0.25) is 9.59 Å². The second-order valence-corrected chi connectivity index (χ2v) is 9.27. The number of ether oxygens (including phenoxy) is 1. The standard InChI is InChI=1S/C19H27N3O5S/c1-27-17-6-4-3-5-15(17)7-8-21-14-16(13-18(21)23)19(24)20-9-11-22(12-10-20)28(2,25)26/h3-6,16H,7-14H2,1-2H3/t16-/m1/s1. The molecular weight excluding hydrogens is 382 g/mol. The van der Waals surface area contributed by atoms with Crippen molar-refractivity contribution >= 4 is 21.8 Å². The number of carbonyl (C=O) groups excluding carboxylic acids is 2. The Morgan fingerprint density at radius 3 is 2.50 bits per heavy atom. The van der Waals surface area contributed by atoms with Gasteiger partial charge in [0.15, 0.2) is 0 Å². The number of rotatable bonds is 6. The molecule has 3 rings (SSSR count). The third-order valence-electron chi connectivity index (χ3n) is 5.43. The van der Waals surface area contributed by atoms with Gasteiger partial charge in [0.05, 0.1) is 19.3 Å². The first-order chi connectivity index (χ1) is 13.3. The maximum absolute atomic E-state index is 12.8. The molecule has 2 aliphatic rings. The Hall–Kier alpha value is -2.13. The maximum Gasteiger partial charge on any atom is 0.228 e. The van der Waals surface area contributed by atoms with E-state index in [9.17, 15) is 18.0 Å². The highest BCUT2D eigenvalue weighted by molar-refractivity contribution is 7.88. The van der Waals surface area contributed by atoms with Gasteiger partial charge in [0.1, 0.15) is 5.75 Å². The number of nitrogens with zero attached hydrogens (tertiary/aromatic N) is 3. The van der Waals surface area contributed by atoms with E-state index in [2.05, 4.69) is 0 Å². The quantitative estimate of drug-likeness (QED) is 0.669. The average Bonchev–Trinajstić information content (AvgIpc) is 3.06. The van der Waals surface area contributed by atoms with Gasteiger partial charge in [-0.15, -0.1) is 0 Å². The molecule has 2 fully saturated rings. The van der Waals surface area contributed by atoms with Gasteiger partial charge in [0.2, 0.25) is 21.8 Å². The van der Waals surface area contributed by atoms with E-state index in [1.165, 1.54) is 10.6 Å². The number of benzene rings is 1. The molecule has 0 saturated carbocycles. The van der Waals surface area contributed by atoms with Crippen LogP contribution in [0.1, 0.15) is 12.0 Å². The van der Waals surface area contributed by atoms with Crippen molar-refractivity contribution in [3.63, 3.8) is 0 Å². The molecule has 154 valence electrons. The van der Waals surface area contributed by atoms with Gasteiger partial charge in [0, 0.05) is 45.7 Å². The van der Waals surface area contributed by atoms with Crippen LogP contribution in [-0.2, 0) is 26.0 Å². The molecule has 0 unspecified atom stereocenters. The smallest absolute Gasteiger partial charge is 0.228 e. The molecule has 28 heavy (non-hydrogen) atoms. The van der Waals surface area contributed by atoms with E-state index in [-0.39, 0.29) is 24.2 Å². The first kappa shape index (κ1) is 20.6. The number of likely N-dealkylation sites (tertiary alicyclic amines) is 1. The van der Waals surface area contributed by atoms with Crippen LogP contribution in [0, 0.1) is 5.92 Å². The van der Waals surface area contributed by atoms with Gasteiger partial charge < -0.3 is 14.5 Å². The molecule has 1 aromatic carbocycles. The van der Waals surface area contributed by atoms with Crippen LogP contribution in [0.2, 0.25) is 0 Å². The topological polar surface area (TPSA) is 87.2 Å². The Kier molecular flexibility index (Phi) is 6.24. The highest BCUT2D eigenvalue weighted by Crippen LogP contribution is 2.23. The van der Waals surface area contributed by atoms with Gasteiger partial charge >= 0.3 is 0 Å². The number of para-hydroxylation sites is 1. The fourth-order valence-corrected chi connectivity index (χ4v) is 4.64. The largest absolute Gasteiger partial charge is 0.496 e. The fraction of sp³-hybridized carbons (Fsp3) is 0.579. The third kappa shape index (κ3) is 4.64. The van der Waals surface area contributed by atoms with Crippen molar-refractivity contribution in [3.05, 3.63) is 29.8 Å². The molecule has 0 N–H and O–H groups in total. The van der Waals surface area contributed by atoms with E-state index < -0.39 is 10.0 Å². The first-order valence-corrected chi connectivity index (χ1v) is 11.3. The summed E-state index contributed by atoms with van der Waals surface area (Å²) in [4.78, 5) is 28.6. The zero-order valence-corrected chi connectivity index (χ0v) is 17.2. The van der Waals surface area contributed by atoms with E-state index >= 15 is 0 Å². The predicted octanol–water partition coefficient (Wildman–Crippen LogP) is 0.190. The number of piperazine rings is 1. The van der Waals surface area contributed by atoms with E-state index in [4.69, 9.17) is 4.74 Å². The van der Waals surface area contributed by atoms with Crippen molar-refractivity contribution in [3.8, 4) is 5.75 Å². The molecule has 1 atom stereocenters. The van der Waals surface area contributed by atoms with Crippen molar-refractivity contribution in [1.82, 2.24) is 14.1 Å². The highest BCUT2D eigenvalue weighted by atomic mass is 32.2. The Morgan fingerprint density at radius 2 is 1.86 bits per heavy atom. The molecule has 0 bridgehead atoms. The zero-order valence-electron chi connectivity index (χ0n) is 16.3. The van der Waals surface area contributed by atoms with Crippen molar-refractivity contribution in [2.75, 3.05) is 52.6 Å². The maximum atomic E-state index is 12.8. The Morgan fingerprint density at radius 1 is 1.18 bits per heavy atom. The number of methoxy groups -OCH3 is 1. The minimum Gasteiger partial charge on any atom is -0.496 e. The molecule has 2 amide bonds. The first-order valence-electron chi connectivity index (χ1n) is 9.43. The number of amides is 2. The van der Waals surface area contributed by atoms with E-state index in [1.54, 1.807) is 16.9 Å². The van der Waals surface area contributed by atoms with Crippen LogP contribution in [0.15, 0.2) is 24.3 Å². The lowest BCUT2D eigenvalue weighted by atomic mass is 10.1. The van der Waals surface area contributed by atoms with Crippen LogP contribution >= 0.6 is 0 Å². The lowest BCUT2D eigenvalue weighted by molar-refractivity contribution is -0.137. The Bertz CT molecular complexity index is 834. The molecule has 0 aromatic heterocycles. The van der Waals surface area contributed by atoms with Crippen LogP contribution in [0.4, 0.5) is 0 Å². The van der Waals surface area contributed by atoms with E-state index in [0.717, 1.165) is 11.3 Å². The average molecular weight is 410 g/mol. The SMILES string of the molecule is COc1ccccc1CCN1C[C@H](C(=O)N2CCN(S(C)(=O)=O)CC2)CC1=O. The van der Waals surface area contributed by atoms with Crippen molar-refractivity contribution in [2.45, 2.75) is 12.8 Å². The second-order valence-electron chi connectivity index (χ2n) is 7.29. The van der Waals surface area contributed by atoms with Crippen LogP contribution in [-0.4, -0.2) is 87.0 Å². The van der Waals surface area contributed by atoms with Crippen LogP contribution in [0.3, 0.4) is 0 Å². The van der Waals surface area contributed by atoms with Crippen molar-refractivity contribution in [2.24, 2.45) is 5.92 Å². The summed E-state index contributed by atoms with van der Waals surface area (Å²) < 4.78 is 29.9. The summed E-state index contributed by atoms with van der Waals surface area (Å²) in [6.07, 6.45) is 2.07. The summed E-state index contributed by atoms with van der Waals surface area (Å²) in [6.45, 7) is 2.32. The minimum absolute atomic E-state index is 0.0111. The molecule has 0 spiro atoms. The minimum atomic E-state index is -3.23. The van der Waals surface area contributed by atoms with Gasteiger partial charge in [0.25, 0.3) is 0 Å². The van der Waals surface area contributed by atoms with Crippen LogP contribution in [0.25, 0.3) is 0 Å². The molecular formula is C19H27N3O5S. The van der Waals surface area contributed by atoms with E-state index in [0.29, 0.717) is 45.7 Å². The normalized spacial score (nSPS) is 21.2. The number of hydrogen-bond acceptors (Lipinski definition) is 5. The third-order valence-corrected chi connectivity index (χ3v) is 6.73. The Balaban J connectivity index is 1.53. The molecule has 2 aliphatic heterocycles. The summed E-state index contributed by atoms with van der Waals surface area (Å²) in [5, 5.41) is 0. The molecule has 2 heterocycles. The number of hydrogen-bond donors (Lipinski definition) is 0. The lowest BCUT2D eigenvalue weighted by Crippen LogP contribution is -2.51. The fourth-order valence-electron chi connectivity index (χ4n) is 3.82. The highest BCUT2D eigenvalue weighted by Gasteiger charge is 2.37. The molecule has 2 saturated heterocycles. The van der Waals surface area contributed by atoms with Gasteiger partial charge in [-0.05, 0) is 18.1 Å². The van der Waals surface area contributed by atoms with Crippen LogP contribution in [0.5, 0.6) is 5.75 Å². The zero-order chi connectivity index (χ0) is 20.3. The van der Waals surface area contributed by atoms with Gasteiger partial charge in [-0.2, -0.15) is 4.31 Å². The molecule has 8 nitrogen and oxygen atoms in total. The molecule has 1 aromatic rings. The van der Waals surface area contributed by atoms with Crippen molar-refractivity contribution in [1.29, 1.82) is 0 Å². The van der Waals surface area contributed by atoms with Gasteiger partial charge in [-0.1, -0.05) is 18.2 Å². The van der Waals surface area contributed by atoms with Crippen LogP contribution < -0.4 is 4.74 Å². The Labute approximate surface area is 166 Å². The van der Waals surface area contributed by atoms with E-state index in [1.807, 2.05) is 24.3 Å². The van der Waals surface area contributed by atoms with Gasteiger partial charge in [-0.25, -0.2) is 8.42 Å². The molecule has 0 aliphatic carbocycles. The second kappa shape index (κ2) is 8.48. The lowest BCUT2D eigenvalue weighted by Gasteiger charge is -2.34. The summed E-state index contributed by atoms with van der Waals surface area (Å²) in [5.41, 5.74) is 1.03. The van der Waals surface area contributed by atoms with Crippen molar-refractivity contribution < 1.29 is 22.7 Å². The number of carbonyl (C=O) groups is 2. The number of sulfonamides is 1. The summed E-state index contributed by atoms with van der Waals surface area (Å²) in [5.74, 6) is 0.379. The predicted molar refractivity (Wildman–Crippen MR) is 104 cm³/mol. The molecule has 0 radical (unpaired) electrons.